The highest BCUT2D eigenvalue weighted by atomic mass is 16.5. The molecular weight excluding hydrogens is 246 g/mol. The average molecular weight is 265 g/mol. The minimum atomic E-state index is 0.300. The maximum absolute atomic E-state index is 5.54. The van der Waals surface area contributed by atoms with Crippen LogP contribution in [0.25, 0.3) is 0 Å². The van der Waals surface area contributed by atoms with Gasteiger partial charge in [0.15, 0.2) is 0 Å². The van der Waals surface area contributed by atoms with Crippen molar-refractivity contribution in [1.82, 2.24) is 5.32 Å². The standard InChI is InChI=1S/C18H19NO/c1-3-12-20-18-11-7-6-10-17(18)14-19-13-16-9-5-4-8-15(16)2/h1,4-11,19H,12-14H2,2H3. The number of terminal acetylenes is 1. The van der Waals surface area contributed by atoms with Crippen LogP contribution in [0.5, 0.6) is 5.75 Å². The molecule has 0 fully saturated rings. The SMILES string of the molecule is C#CCOc1ccccc1CNCc1ccccc1C. The number of hydrogen-bond acceptors (Lipinski definition) is 2. The number of hydrogen-bond donors (Lipinski definition) is 1. The summed E-state index contributed by atoms with van der Waals surface area (Å²) in [6, 6.07) is 16.4. The summed E-state index contributed by atoms with van der Waals surface area (Å²) in [7, 11) is 0. The zero-order chi connectivity index (χ0) is 14.2. The van der Waals surface area contributed by atoms with Gasteiger partial charge in [-0.05, 0) is 24.1 Å². The zero-order valence-corrected chi connectivity index (χ0v) is 11.7. The molecule has 2 rings (SSSR count). The second kappa shape index (κ2) is 7.37. The van der Waals surface area contributed by atoms with Gasteiger partial charge in [0.25, 0.3) is 0 Å². The first kappa shape index (κ1) is 14.2. The number of benzene rings is 2. The molecule has 2 aromatic carbocycles. The molecule has 0 aliphatic heterocycles. The highest BCUT2D eigenvalue weighted by molar-refractivity contribution is 5.33. The van der Waals surface area contributed by atoms with Crippen molar-refractivity contribution in [3.05, 3.63) is 65.2 Å². The highest BCUT2D eigenvalue weighted by Crippen LogP contribution is 2.17. The van der Waals surface area contributed by atoms with Gasteiger partial charge in [-0.15, -0.1) is 6.42 Å². The Hall–Kier alpha value is -2.24. The summed E-state index contributed by atoms with van der Waals surface area (Å²) in [5.74, 6) is 3.34. The number of ether oxygens (including phenoxy) is 1. The van der Waals surface area contributed by atoms with Crippen molar-refractivity contribution >= 4 is 0 Å². The summed E-state index contributed by atoms with van der Waals surface area (Å²) in [6.07, 6.45) is 5.23. The van der Waals surface area contributed by atoms with Gasteiger partial charge in [-0.2, -0.15) is 0 Å². The van der Waals surface area contributed by atoms with E-state index in [1.807, 2.05) is 18.2 Å². The van der Waals surface area contributed by atoms with Gasteiger partial charge in [0.2, 0.25) is 0 Å². The maximum atomic E-state index is 5.54. The molecule has 2 aromatic rings. The van der Waals surface area contributed by atoms with Crippen LogP contribution in [0.4, 0.5) is 0 Å². The van der Waals surface area contributed by atoms with Gasteiger partial charge in [0.05, 0.1) is 0 Å². The average Bonchev–Trinajstić information content (AvgIpc) is 2.48. The van der Waals surface area contributed by atoms with Crippen molar-refractivity contribution < 1.29 is 4.74 Å². The third kappa shape index (κ3) is 3.88. The lowest BCUT2D eigenvalue weighted by atomic mass is 10.1. The molecule has 0 bridgehead atoms. The molecule has 0 unspecified atom stereocenters. The molecule has 20 heavy (non-hydrogen) atoms. The molecule has 0 radical (unpaired) electrons. The number of para-hydroxylation sites is 1. The van der Waals surface area contributed by atoms with Crippen LogP contribution < -0.4 is 10.1 Å². The molecule has 2 nitrogen and oxygen atoms in total. The van der Waals surface area contributed by atoms with Crippen molar-refractivity contribution in [2.75, 3.05) is 6.61 Å². The molecule has 0 saturated heterocycles. The van der Waals surface area contributed by atoms with Crippen molar-refractivity contribution in [3.8, 4) is 18.1 Å². The van der Waals surface area contributed by atoms with Gasteiger partial charge in [-0.1, -0.05) is 48.4 Å². The fourth-order valence-corrected chi connectivity index (χ4v) is 2.05. The molecule has 2 heteroatoms. The Kier molecular flexibility index (Phi) is 5.23. The lowest BCUT2D eigenvalue weighted by Gasteiger charge is -2.11. The molecule has 0 saturated carbocycles. The fourth-order valence-electron chi connectivity index (χ4n) is 2.05. The van der Waals surface area contributed by atoms with E-state index in [0.717, 1.165) is 24.4 Å². The van der Waals surface area contributed by atoms with Crippen LogP contribution in [0.1, 0.15) is 16.7 Å². The monoisotopic (exact) mass is 265 g/mol. The Morgan fingerprint density at radius 2 is 1.65 bits per heavy atom. The summed E-state index contributed by atoms with van der Waals surface area (Å²) in [6.45, 7) is 4.03. The molecule has 0 amide bonds. The first-order valence-corrected chi connectivity index (χ1v) is 6.70. The van der Waals surface area contributed by atoms with E-state index < -0.39 is 0 Å². The largest absolute Gasteiger partial charge is 0.481 e. The summed E-state index contributed by atoms with van der Waals surface area (Å²) < 4.78 is 5.54. The summed E-state index contributed by atoms with van der Waals surface area (Å²) in [5, 5.41) is 3.44. The second-order valence-corrected chi connectivity index (χ2v) is 4.63. The number of nitrogens with one attached hydrogen (secondary N) is 1. The van der Waals surface area contributed by atoms with E-state index >= 15 is 0 Å². The van der Waals surface area contributed by atoms with E-state index in [0.29, 0.717) is 6.61 Å². The van der Waals surface area contributed by atoms with Crippen LogP contribution in [-0.4, -0.2) is 6.61 Å². The van der Waals surface area contributed by atoms with E-state index in [9.17, 15) is 0 Å². The molecule has 0 heterocycles. The van der Waals surface area contributed by atoms with Crippen LogP contribution in [0.15, 0.2) is 48.5 Å². The molecule has 0 aromatic heterocycles. The Morgan fingerprint density at radius 3 is 2.40 bits per heavy atom. The van der Waals surface area contributed by atoms with Crippen LogP contribution in [0.3, 0.4) is 0 Å². The van der Waals surface area contributed by atoms with Gasteiger partial charge in [0, 0.05) is 18.7 Å². The predicted octanol–water partition coefficient (Wildman–Crippen LogP) is 3.30. The van der Waals surface area contributed by atoms with Gasteiger partial charge in [0.1, 0.15) is 12.4 Å². The third-order valence-corrected chi connectivity index (χ3v) is 3.18. The zero-order valence-electron chi connectivity index (χ0n) is 11.7. The van der Waals surface area contributed by atoms with Crippen molar-refractivity contribution in [3.63, 3.8) is 0 Å². The van der Waals surface area contributed by atoms with Crippen LogP contribution in [0.2, 0.25) is 0 Å². The quantitative estimate of drug-likeness (QED) is 0.809. The number of aryl methyl sites for hydroxylation is 1. The summed E-state index contributed by atoms with van der Waals surface area (Å²) in [4.78, 5) is 0. The van der Waals surface area contributed by atoms with Gasteiger partial charge < -0.3 is 10.1 Å². The van der Waals surface area contributed by atoms with E-state index in [-0.39, 0.29) is 0 Å². The first-order valence-electron chi connectivity index (χ1n) is 6.70. The van der Waals surface area contributed by atoms with Crippen LogP contribution in [-0.2, 0) is 13.1 Å². The number of rotatable bonds is 6. The Balaban J connectivity index is 1.94. The third-order valence-electron chi connectivity index (χ3n) is 3.18. The topological polar surface area (TPSA) is 21.3 Å². The molecule has 1 N–H and O–H groups in total. The molecular formula is C18H19NO. The van der Waals surface area contributed by atoms with Gasteiger partial charge in [-0.3, -0.25) is 0 Å². The smallest absolute Gasteiger partial charge is 0.148 e. The maximum Gasteiger partial charge on any atom is 0.148 e. The van der Waals surface area contributed by atoms with Crippen LogP contribution in [0, 0.1) is 19.3 Å². The Morgan fingerprint density at radius 1 is 1.00 bits per heavy atom. The molecule has 0 aliphatic carbocycles. The normalized spacial score (nSPS) is 10.0. The lowest BCUT2D eigenvalue weighted by molar-refractivity contribution is 0.365. The van der Waals surface area contributed by atoms with Crippen molar-refractivity contribution in [1.29, 1.82) is 0 Å². The lowest BCUT2D eigenvalue weighted by Crippen LogP contribution is -2.14. The molecule has 0 aliphatic rings. The predicted molar refractivity (Wildman–Crippen MR) is 82.5 cm³/mol. The Bertz CT molecular complexity index is 598. The molecule has 0 atom stereocenters. The van der Waals surface area contributed by atoms with E-state index in [1.165, 1.54) is 11.1 Å². The van der Waals surface area contributed by atoms with E-state index in [1.54, 1.807) is 0 Å². The van der Waals surface area contributed by atoms with Crippen LogP contribution >= 0.6 is 0 Å². The summed E-state index contributed by atoms with van der Waals surface area (Å²) >= 11 is 0. The molecule has 0 spiro atoms. The second-order valence-electron chi connectivity index (χ2n) is 4.63. The minimum absolute atomic E-state index is 0.300. The van der Waals surface area contributed by atoms with E-state index in [2.05, 4.69) is 48.5 Å². The van der Waals surface area contributed by atoms with Crippen molar-refractivity contribution in [2.45, 2.75) is 20.0 Å². The highest BCUT2D eigenvalue weighted by Gasteiger charge is 2.02. The van der Waals surface area contributed by atoms with Gasteiger partial charge >= 0.3 is 0 Å². The van der Waals surface area contributed by atoms with E-state index in [4.69, 9.17) is 11.2 Å². The fraction of sp³-hybridized carbons (Fsp3) is 0.222. The first-order chi connectivity index (χ1) is 9.81. The Labute approximate surface area is 120 Å². The summed E-state index contributed by atoms with van der Waals surface area (Å²) in [5.41, 5.74) is 3.74. The van der Waals surface area contributed by atoms with Gasteiger partial charge in [-0.25, -0.2) is 0 Å². The molecule has 102 valence electrons. The van der Waals surface area contributed by atoms with Crippen molar-refractivity contribution in [2.24, 2.45) is 0 Å². The minimum Gasteiger partial charge on any atom is -0.481 e.